The SMILES string of the molecule is CC1=C(C(=O)O)N=c2cc3c(c(C)c21)=Nc1ccccc1-3.CC1=C(C(=O)OC2CCC(O[Si](c3ccccc3)(c3ccccc3)C(C)(C)C)CC2)N=c2cc3c(c(C)c21)=Nc1ccccc1-3. The standard InChI is InChI=1S/C39H40N2O3Si.C17H12N2O2/c1-25-35-26(2)37(41-34(35)24-32-31-18-12-13-19-33(31)40-36(25)32)38(42)43-27-20-22-28(23-21-27)44-45(39(3,4)5,29-14-8-6-9-15-29)30-16-10-7-11-17-30;1-8-14-9(2)16(17(20)21)19-13(14)7-11-10-5-3-4-6-12(10)18-15(8)11/h6-19,24,27-28H,20-23H2,1-5H3;3-7H,1-2H3,(H,20,21). The highest BCUT2D eigenvalue weighted by Gasteiger charge is 2.51. The molecular weight excluding hydrogens is 837 g/mol. The molecule has 4 aliphatic heterocycles. The Morgan fingerprint density at radius 2 is 0.985 bits per heavy atom. The highest BCUT2D eigenvalue weighted by molar-refractivity contribution is 6.99. The summed E-state index contributed by atoms with van der Waals surface area (Å²) in [5.74, 6) is -1.32. The maximum Gasteiger partial charge on any atom is 0.357 e. The quantitative estimate of drug-likeness (QED) is 0.126. The van der Waals surface area contributed by atoms with Gasteiger partial charge in [0.15, 0.2) is 11.4 Å². The van der Waals surface area contributed by atoms with Crippen LogP contribution in [0.4, 0.5) is 11.4 Å². The fourth-order valence-electron chi connectivity index (χ4n) is 10.7. The lowest BCUT2D eigenvalue weighted by atomic mass is 9.95. The molecule has 330 valence electrons. The Morgan fingerprint density at radius 3 is 1.45 bits per heavy atom. The van der Waals surface area contributed by atoms with E-state index in [2.05, 4.69) is 110 Å². The van der Waals surface area contributed by atoms with Gasteiger partial charge in [-0.25, -0.2) is 29.6 Å². The number of para-hydroxylation sites is 2. The molecule has 5 aliphatic rings. The van der Waals surface area contributed by atoms with E-state index in [-0.39, 0.29) is 28.9 Å². The molecule has 0 unspecified atom stereocenters. The van der Waals surface area contributed by atoms with Gasteiger partial charge in [-0.05, 0) is 115 Å². The number of nitrogens with zero attached hydrogens (tertiary/aromatic N) is 4. The van der Waals surface area contributed by atoms with Crippen molar-refractivity contribution in [1.82, 2.24) is 0 Å². The van der Waals surface area contributed by atoms with Crippen molar-refractivity contribution in [1.29, 1.82) is 0 Å². The molecule has 0 amide bonds. The Labute approximate surface area is 385 Å². The van der Waals surface area contributed by atoms with E-state index in [9.17, 15) is 14.7 Å². The van der Waals surface area contributed by atoms with Crippen LogP contribution >= 0.6 is 0 Å². The zero-order valence-electron chi connectivity index (χ0n) is 38.4. The molecule has 1 fully saturated rings. The average molecular weight is 889 g/mol. The highest BCUT2D eigenvalue weighted by Crippen LogP contribution is 2.40. The van der Waals surface area contributed by atoms with E-state index in [0.717, 1.165) is 109 Å². The molecule has 0 saturated heterocycles. The Bertz CT molecular complexity index is 3310. The number of esters is 1. The number of hydrogen-bond acceptors (Lipinski definition) is 8. The zero-order chi connectivity index (χ0) is 46.1. The first kappa shape index (κ1) is 43.0. The molecular formula is C56H52N4O5Si. The molecule has 0 atom stereocenters. The summed E-state index contributed by atoms with van der Waals surface area (Å²) in [6.07, 6.45) is 3.20. The van der Waals surface area contributed by atoms with Crippen LogP contribution in [0.2, 0.25) is 5.04 Å². The van der Waals surface area contributed by atoms with E-state index in [1.54, 1.807) is 6.92 Å². The first-order valence-electron chi connectivity index (χ1n) is 22.8. The van der Waals surface area contributed by atoms with Gasteiger partial charge in [-0.1, -0.05) is 118 Å². The van der Waals surface area contributed by atoms with E-state index in [4.69, 9.17) is 19.1 Å². The van der Waals surface area contributed by atoms with Gasteiger partial charge in [0.1, 0.15) is 6.10 Å². The smallest absolute Gasteiger partial charge is 0.357 e. The molecule has 6 aromatic carbocycles. The lowest BCUT2D eigenvalue weighted by molar-refractivity contribution is -0.146. The highest BCUT2D eigenvalue weighted by atomic mass is 28.4. The van der Waals surface area contributed by atoms with Gasteiger partial charge in [-0.2, -0.15) is 0 Å². The van der Waals surface area contributed by atoms with Crippen molar-refractivity contribution in [2.45, 2.75) is 91.4 Å². The largest absolute Gasteiger partial charge is 0.477 e. The molecule has 10 heteroatoms. The van der Waals surface area contributed by atoms with Crippen LogP contribution in [0, 0.1) is 13.8 Å². The van der Waals surface area contributed by atoms with Crippen molar-refractivity contribution in [3.63, 3.8) is 0 Å². The summed E-state index contributed by atoms with van der Waals surface area (Å²) >= 11 is 0. The summed E-state index contributed by atoms with van der Waals surface area (Å²) in [5, 5.41) is 15.2. The number of carbonyl (C=O) groups excluding carboxylic acids is 1. The summed E-state index contributed by atoms with van der Waals surface area (Å²) in [6.45, 7) is 14.8. The van der Waals surface area contributed by atoms with Gasteiger partial charge in [0, 0.05) is 39.5 Å². The van der Waals surface area contributed by atoms with Crippen LogP contribution in [0.15, 0.2) is 153 Å². The number of rotatable bonds is 7. The van der Waals surface area contributed by atoms with Crippen molar-refractivity contribution < 1.29 is 23.9 Å². The Hall–Kier alpha value is -6.88. The summed E-state index contributed by atoms with van der Waals surface area (Å²) < 4.78 is 13.5. The summed E-state index contributed by atoms with van der Waals surface area (Å²) in [7, 11) is -2.63. The molecule has 66 heavy (non-hydrogen) atoms. The number of benzene rings is 6. The normalized spacial score (nSPS) is 17.4. The second-order valence-corrected chi connectivity index (χ2v) is 23.2. The number of fused-ring (bicyclic) bond motifs is 8. The summed E-state index contributed by atoms with van der Waals surface area (Å²) in [5.41, 5.74) is 12.3. The Balaban J connectivity index is 0.000000202. The third kappa shape index (κ3) is 7.10. The second kappa shape index (κ2) is 16.5. The van der Waals surface area contributed by atoms with Gasteiger partial charge >= 0.3 is 11.9 Å². The summed E-state index contributed by atoms with van der Waals surface area (Å²) in [6, 6.07) is 41.7. The molecule has 0 radical (unpaired) electrons. The third-order valence-electron chi connectivity index (χ3n) is 13.9. The van der Waals surface area contributed by atoms with Crippen molar-refractivity contribution in [3.05, 3.63) is 176 Å². The lowest BCUT2D eigenvalue weighted by Crippen LogP contribution is -2.67. The second-order valence-electron chi connectivity index (χ2n) is 18.9. The Kier molecular flexibility index (Phi) is 10.8. The number of carboxylic acid groups (broad SMARTS) is 1. The van der Waals surface area contributed by atoms with Crippen LogP contribution < -0.4 is 31.8 Å². The zero-order valence-corrected chi connectivity index (χ0v) is 39.4. The number of carbonyl (C=O) groups is 2. The summed E-state index contributed by atoms with van der Waals surface area (Å²) in [4.78, 5) is 43.5. The average Bonchev–Trinajstić information content (AvgIpc) is 4.07. The molecule has 4 heterocycles. The van der Waals surface area contributed by atoms with E-state index < -0.39 is 14.3 Å². The minimum atomic E-state index is -2.63. The fraction of sp³-hybridized carbons (Fsp3) is 0.250. The minimum absolute atomic E-state index is 0.0737. The van der Waals surface area contributed by atoms with Gasteiger partial charge in [-0.3, -0.25) is 0 Å². The van der Waals surface area contributed by atoms with Crippen molar-refractivity contribution in [3.8, 4) is 22.3 Å². The number of hydrogen-bond donors (Lipinski definition) is 1. The predicted octanol–water partition coefficient (Wildman–Crippen LogP) is 9.10. The molecule has 0 spiro atoms. The van der Waals surface area contributed by atoms with E-state index in [0.29, 0.717) is 11.3 Å². The monoisotopic (exact) mass is 888 g/mol. The Morgan fingerprint density at radius 1 is 0.561 bits per heavy atom. The number of allylic oxidation sites excluding steroid dienone is 2. The van der Waals surface area contributed by atoms with Crippen molar-refractivity contribution >= 4 is 53.2 Å². The first-order chi connectivity index (χ1) is 31.7. The molecule has 0 bridgehead atoms. The minimum Gasteiger partial charge on any atom is -0.477 e. The van der Waals surface area contributed by atoms with E-state index >= 15 is 0 Å². The number of carboxylic acids is 1. The van der Waals surface area contributed by atoms with Crippen LogP contribution in [0.1, 0.15) is 82.6 Å². The van der Waals surface area contributed by atoms with Gasteiger partial charge in [-0.15, -0.1) is 0 Å². The van der Waals surface area contributed by atoms with Crippen LogP contribution in [-0.4, -0.2) is 37.6 Å². The molecule has 9 nitrogen and oxygen atoms in total. The van der Waals surface area contributed by atoms with Crippen LogP contribution in [-0.2, 0) is 18.8 Å². The molecule has 0 aromatic heterocycles. The number of ether oxygens (including phenoxy) is 1. The molecule has 1 aliphatic carbocycles. The van der Waals surface area contributed by atoms with Crippen LogP contribution in [0.5, 0.6) is 0 Å². The fourth-order valence-corrected chi connectivity index (χ4v) is 15.5. The van der Waals surface area contributed by atoms with Gasteiger partial charge in [0.2, 0.25) is 0 Å². The lowest BCUT2D eigenvalue weighted by Gasteiger charge is -2.46. The topological polar surface area (TPSA) is 122 Å². The van der Waals surface area contributed by atoms with Crippen molar-refractivity contribution in [2.24, 2.45) is 20.0 Å². The first-order valence-corrected chi connectivity index (χ1v) is 24.7. The predicted molar refractivity (Wildman–Crippen MR) is 261 cm³/mol. The third-order valence-corrected chi connectivity index (χ3v) is 19.0. The molecule has 1 saturated carbocycles. The van der Waals surface area contributed by atoms with Crippen molar-refractivity contribution in [2.75, 3.05) is 0 Å². The maximum atomic E-state index is 13.5. The van der Waals surface area contributed by atoms with E-state index in [1.165, 1.54) is 10.4 Å². The molecule has 1 N–H and O–H groups in total. The van der Waals surface area contributed by atoms with E-state index in [1.807, 2.05) is 62.4 Å². The van der Waals surface area contributed by atoms with Crippen LogP contribution in [0.25, 0.3) is 33.4 Å². The number of aliphatic carboxylic acids is 1. The molecule has 6 aromatic rings. The van der Waals surface area contributed by atoms with Gasteiger partial charge in [0.25, 0.3) is 8.32 Å². The molecule has 11 rings (SSSR count). The van der Waals surface area contributed by atoms with Gasteiger partial charge < -0.3 is 14.3 Å². The van der Waals surface area contributed by atoms with Crippen LogP contribution in [0.3, 0.4) is 0 Å². The maximum absolute atomic E-state index is 13.5. The van der Waals surface area contributed by atoms with Gasteiger partial charge in [0.05, 0.1) is 32.8 Å².